The summed E-state index contributed by atoms with van der Waals surface area (Å²) in [7, 11) is 1.61. The summed E-state index contributed by atoms with van der Waals surface area (Å²) >= 11 is 0. The molecule has 0 aliphatic carbocycles. The van der Waals surface area contributed by atoms with Crippen LogP contribution in [0.5, 0.6) is 11.5 Å². The van der Waals surface area contributed by atoms with Crippen molar-refractivity contribution in [3.8, 4) is 11.5 Å². The smallest absolute Gasteiger partial charge is 0.253 e. The minimum atomic E-state index is 0.0294. The molecule has 20 heavy (non-hydrogen) atoms. The Hall–Kier alpha value is -2.01. The molecule has 1 aromatic carbocycles. The van der Waals surface area contributed by atoms with E-state index in [-0.39, 0.29) is 12.5 Å². The molecular weight excluding hydrogens is 258 g/mol. The number of ether oxygens (including phenoxy) is 3. The zero-order chi connectivity index (χ0) is 13.9. The first-order valence-corrected chi connectivity index (χ1v) is 6.67. The molecule has 1 amide bonds. The van der Waals surface area contributed by atoms with Crippen molar-refractivity contribution in [1.82, 2.24) is 4.90 Å². The van der Waals surface area contributed by atoms with E-state index in [0.717, 1.165) is 5.56 Å². The first-order chi connectivity index (χ1) is 9.79. The second kappa shape index (κ2) is 5.54. The fraction of sp³-hybridized carbons (Fsp3) is 0.400. The molecule has 2 aliphatic heterocycles. The number of nitrogens with zero attached hydrogens (tertiary/aromatic N) is 1. The standard InChI is InChI=1S/C15H17NO4/c1-18-13-4-2-3-11-9-12(10-20-14(11)13)15(17)16-5-7-19-8-6-16/h2-4,9H,5-8,10H2,1H3. The Bertz CT molecular complexity index is 547. The van der Waals surface area contributed by atoms with Gasteiger partial charge in [0.05, 0.1) is 25.9 Å². The number of hydrogen-bond acceptors (Lipinski definition) is 4. The lowest BCUT2D eigenvalue weighted by Gasteiger charge is -2.29. The van der Waals surface area contributed by atoms with E-state index in [2.05, 4.69) is 0 Å². The van der Waals surface area contributed by atoms with E-state index in [4.69, 9.17) is 14.2 Å². The summed E-state index contributed by atoms with van der Waals surface area (Å²) in [5.74, 6) is 1.42. The highest BCUT2D eigenvalue weighted by Gasteiger charge is 2.24. The monoisotopic (exact) mass is 275 g/mol. The number of amides is 1. The average molecular weight is 275 g/mol. The van der Waals surface area contributed by atoms with Crippen molar-refractivity contribution in [2.45, 2.75) is 0 Å². The summed E-state index contributed by atoms with van der Waals surface area (Å²) in [4.78, 5) is 14.2. The summed E-state index contributed by atoms with van der Waals surface area (Å²) in [6.07, 6.45) is 1.89. The molecule has 5 nitrogen and oxygen atoms in total. The Morgan fingerprint density at radius 2 is 2.10 bits per heavy atom. The number of carbonyl (C=O) groups excluding carboxylic acids is 1. The summed E-state index contributed by atoms with van der Waals surface area (Å²) in [6.45, 7) is 2.76. The van der Waals surface area contributed by atoms with Crippen molar-refractivity contribution < 1.29 is 19.0 Å². The number of fused-ring (bicyclic) bond motifs is 1. The second-order valence-corrected chi connectivity index (χ2v) is 4.74. The maximum absolute atomic E-state index is 12.4. The van der Waals surface area contributed by atoms with Gasteiger partial charge in [-0.3, -0.25) is 4.79 Å². The third-order valence-electron chi connectivity index (χ3n) is 3.50. The maximum Gasteiger partial charge on any atom is 0.253 e. The van der Waals surface area contributed by atoms with Crippen LogP contribution in [0.2, 0.25) is 0 Å². The molecular formula is C15H17NO4. The van der Waals surface area contributed by atoms with Gasteiger partial charge in [-0.1, -0.05) is 12.1 Å². The Balaban J connectivity index is 1.84. The van der Waals surface area contributed by atoms with Crippen molar-refractivity contribution in [3.63, 3.8) is 0 Å². The molecule has 0 spiro atoms. The van der Waals surface area contributed by atoms with Crippen LogP contribution in [0.3, 0.4) is 0 Å². The van der Waals surface area contributed by atoms with Crippen molar-refractivity contribution >= 4 is 12.0 Å². The van der Waals surface area contributed by atoms with E-state index in [0.29, 0.717) is 43.4 Å². The van der Waals surface area contributed by atoms with Crippen LogP contribution in [0, 0.1) is 0 Å². The molecule has 0 saturated carbocycles. The molecule has 2 aliphatic rings. The minimum Gasteiger partial charge on any atom is -0.493 e. The Morgan fingerprint density at radius 1 is 1.30 bits per heavy atom. The van der Waals surface area contributed by atoms with Crippen LogP contribution in [0.25, 0.3) is 6.08 Å². The summed E-state index contributed by atoms with van der Waals surface area (Å²) in [6, 6.07) is 5.66. The largest absolute Gasteiger partial charge is 0.493 e. The third kappa shape index (κ3) is 2.36. The molecule has 1 saturated heterocycles. The van der Waals surface area contributed by atoms with Gasteiger partial charge in [0, 0.05) is 18.7 Å². The number of morpholine rings is 1. The molecule has 1 aromatic rings. The van der Waals surface area contributed by atoms with E-state index in [1.54, 1.807) is 7.11 Å². The van der Waals surface area contributed by atoms with Crippen LogP contribution in [0.1, 0.15) is 5.56 Å². The van der Waals surface area contributed by atoms with Crippen molar-refractivity contribution in [1.29, 1.82) is 0 Å². The van der Waals surface area contributed by atoms with Crippen LogP contribution in [-0.2, 0) is 9.53 Å². The van der Waals surface area contributed by atoms with Crippen LogP contribution >= 0.6 is 0 Å². The molecule has 0 aromatic heterocycles. The van der Waals surface area contributed by atoms with E-state index in [9.17, 15) is 4.79 Å². The summed E-state index contributed by atoms with van der Waals surface area (Å²) in [5, 5.41) is 0. The van der Waals surface area contributed by atoms with Gasteiger partial charge in [-0.25, -0.2) is 0 Å². The van der Waals surface area contributed by atoms with Gasteiger partial charge in [0.2, 0.25) is 0 Å². The van der Waals surface area contributed by atoms with Crippen molar-refractivity contribution in [2.75, 3.05) is 40.0 Å². The highest BCUT2D eigenvalue weighted by Crippen LogP contribution is 2.35. The van der Waals surface area contributed by atoms with Gasteiger partial charge in [-0.2, -0.15) is 0 Å². The molecule has 3 rings (SSSR count). The van der Waals surface area contributed by atoms with Crippen LogP contribution < -0.4 is 9.47 Å². The fourth-order valence-electron chi connectivity index (χ4n) is 2.43. The number of hydrogen-bond donors (Lipinski definition) is 0. The summed E-state index contributed by atoms with van der Waals surface area (Å²) < 4.78 is 16.2. The highest BCUT2D eigenvalue weighted by molar-refractivity contribution is 5.99. The molecule has 5 heteroatoms. The molecule has 0 atom stereocenters. The Labute approximate surface area is 117 Å². The maximum atomic E-state index is 12.4. The number of methoxy groups -OCH3 is 1. The molecule has 0 bridgehead atoms. The second-order valence-electron chi connectivity index (χ2n) is 4.74. The zero-order valence-electron chi connectivity index (χ0n) is 11.4. The zero-order valence-corrected chi connectivity index (χ0v) is 11.4. The lowest BCUT2D eigenvalue weighted by Crippen LogP contribution is -2.42. The van der Waals surface area contributed by atoms with Gasteiger partial charge in [0.15, 0.2) is 11.5 Å². The predicted molar refractivity (Wildman–Crippen MR) is 73.9 cm³/mol. The van der Waals surface area contributed by atoms with E-state index >= 15 is 0 Å². The first kappa shape index (κ1) is 13.0. The fourth-order valence-corrected chi connectivity index (χ4v) is 2.43. The van der Waals surface area contributed by atoms with Gasteiger partial charge < -0.3 is 19.1 Å². The molecule has 0 N–H and O–H groups in total. The number of para-hydroxylation sites is 1. The Kier molecular flexibility index (Phi) is 3.60. The third-order valence-corrected chi connectivity index (χ3v) is 3.50. The minimum absolute atomic E-state index is 0.0294. The lowest BCUT2D eigenvalue weighted by atomic mass is 10.1. The number of carbonyl (C=O) groups is 1. The van der Waals surface area contributed by atoms with Gasteiger partial charge in [-0.15, -0.1) is 0 Å². The predicted octanol–water partition coefficient (Wildman–Crippen LogP) is 1.33. The van der Waals surface area contributed by atoms with Crippen molar-refractivity contribution in [2.24, 2.45) is 0 Å². The van der Waals surface area contributed by atoms with E-state index in [1.165, 1.54) is 0 Å². The number of rotatable bonds is 2. The number of benzene rings is 1. The Morgan fingerprint density at radius 3 is 2.85 bits per heavy atom. The van der Waals surface area contributed by atoms with E-state index in [1.807, 2.05) is 29.2 Å². The molecule has 0 radical (unpaired) electrons. The highest BCUT2D eigenvalue weighted by atomic mass is 16.5. The molecule has 2 heterocycles. The topological polar surface area (TPSA) is 48.0 Å². The molecule has 106 valence electrons. The van der Waals surface area contributed by atoms with Crippen LogP contribution in [-0.4, -0.2) is 50.8 Å². The molecule has 1 fully saturated rings. The average Bonchev–Trinajstić information content (AvgIpc) is 2.53. The van der Waals surface area contributed by atoms with Gasteiger partial charge in [-0.05, 0) is 12.1 Å². The lowest BCUT2D eigenvalue weighted by molar-refractivity contribution is -0.131. The van der Waals surface area contributed by atoms with Crippen LogP contribution in [0.4, 0.5) is 0 Å². The van der Waals surface area contributed by atoms with Gasteiger partial charge in [0.1, 0.15) is 6.61 Å². The summed E-state index contributed by atoms with van der Waals surface area (Å²) in [5.41, 5.74) is 1.56. The van der Waals surface area contributed by atoms with Gasteiger partial charge >= 0.3 is 0 Å². The normalized spacial score (nSPS) is 17.9. The van der Waals surface area contributed by atoms with Crippen LogP contribution in [0.15, 0.2) is 23.8 Å². The molecule has 0 unspecified atom stereocenters. The van der Waals surface area contributed by atoms with Crippen molar-refractivity contribution in [3.05, 3.63) is 29.3 Å². The SMILES string of the molecule is COc1cccc2c1OCC(C(=O)N1CCOCC1)=C2. The van der Waals surface area contributed by atoms with Gasteiger partial charge in [0.25, 0.3) is 5.91 Å². The van der Waals surface area contributed by atoms with E-state index < -0.39 is 0 Å². The quantitative estimate of drug-likeness (QED) is 0.817. The first-order valence-electron chi connectivity index (χ1n) is 6.67.